The molecule has 0 spiro atoms. The van der Waals surface area contributed by atoms with Crippen LogP contribution in [-0.2, 0) is 9.47 Å². The van der Waals surface area contributed by atoms with E-state index in [9.17, 15) is 9.59 Å². The van der Waals surface area contributed by atoms with Gasteiger partial charge >= 0.3 is 18.1 Å². The number of carbonyl (C=O) groups is 2. The number of urea groups is 1. The summed E-state index contributed by atoms with van der Waals surface area (Å²) in [7, 11) is 0. The molecule has 0 aromatic heterocycles. The molecule has 0 bridgehead atoms. The van der Waals surface area contributed by atoms with Crippen LogP contribution in [0, 0.1) is 6.92 Å². The van der Waals surface area contributed by atoms with E-state index < -0.39 is 12.1 Å². The minimum Gasteiger partial charge on any atom is -0.465 e. The quantitative estimate of drug-likeness (QED) is 0.663. The van der Waals surface area contributed by atoms with Gasteiger partial charge in [-0.15, -0.1) is 4.99 Å². The number of benzene rings is 1. The van der Waals surface area contributed by atoms with Crippen molar-refractivity contribution >= 4 is 23.8 Å². The molecule has 120 valence electrons. The molecule has 2 N–H and O–H groups in total. The molecule has 0 heterocycles. The van der Waals surface area contributed by atoms with E-state index >= 15 is 0 Å². The van der Waals surface area contributed by atoms with Crippen LogP contribution in [-0.4, -0.2) is 30.9 Å². The fraction of sp³-hybridized carbons (Fsp3) is 0.400. The summed E-state index contributed by atoms with van der Waals surface area (Å²) in [5.74, 6) is 0. The first-order valence-corrected chi connectivity index (χ1v) is 6.97. The van der Waals surface area contributed by atoms with Gasteiger partial charge in [0.25, 0.3) is 0 Å². The van der Waals surface area contributed by atoms with E-state index in [1.165, 1.54) is 0 Å². The van der Waals surface area contributed by atoms with Gasteiger partial charge in [-0.05, 0) is 39.8 Å². The van der Waals surface area contributed by atoms with Crippen molar-refractivity contribution in [3.05, 3.63) is 29.8 Å². The molecule has 0 fully saturated rings. The molecular formula is C15H21N3O4. The van der Waals surface area contributed by atoms with Gasteiger partial charge in [-0.1, -0.05) is 17.7 Å². The summed E-state index contributed by atoms with van der Waals surface area (Å²) < 4.78 is 9.96. The number of nitrogens with one attached hydrogen (secondary N) is 2. The number of ether oxygens (including phenoxy) is 2. The number of carbonyl (C=O) groups excluding carboxylic acids is 2. The Morgan fingerprint density at radius 1 is 1.23 bits per heavy atom. The van der Waals surface area contributed by atoms with Crippen LogP contribution in [0.4, 0.5) is 15.3 Å². The van der Waals surface area contributed by atoms with Crippen LogP contribution in [0.15, 0.2) is 29.3 Å². The zero-order valence-corrected chi connectivity index (χ0v) is 13.2. The van der Waals surface area contributed by atoms with Crippen LogP contribution < -0.4 is 10.6 Å². The van der Waals surface area contributed by atoms with Gasteiger partial charge in [-0.3, -0.25) is 5.32 Å². The third-order valence-electron chi connectivity index (χ3n) is 2.34. The van der Waals surface area contributed by atoms with Gasteiger partial charge in [-0.25, -0.2) is 9.59 Å². The van der Waals surface area contributed by atoms with E-state index in [-0.39, 0.29) is 18.7 Å². The molecule has 0 saturated carbocycles. The van der Waals surface area contributed by atoms with Crippen LogP contribution in [0.25, 0.3) is 0 Å². The summed E-state index contributed by atoms with van der Waals surface area (Å²) in [5, 5.41) is 4.97. The monoisotopic (exact) mass is 307 g/mol. The Bertz CT molecular complexity index is 538. The lowest BCUT2D eigenvalue weighted by Crippen LogP contribution is -2.36. The summed E-state index contributed by atoms with van der Waals surface area (Å²) in [6, 6.07) is 6.49. The predicted molar refractivity (Wildman–Crippen MR) is 84.0 cm³/mol. The number of amidine groups is 1. The van der Waals surface area contributed by atoms with Crippen molar-refractivity contribution in [3.8, 4) is 0 Å². The first-order valence-electron chi connectivity index (χ1n) is 6.97. The fourth-order valence-corrected chi connectivity index (χ4v) is 1.44. The number of aryl methyl sites for hydroxylation is 1. The third kappa shape index (κ3) is 6.74. The number of aliphatic imine (C=N–C) groups is 1. The second kappa shape index (κ2) is 8.66. The predicted octanol–water partition coefficient (Wildman–Crippen LogP) is 3.05. The summed E-state index contributed by atoms with van der Waals surface area (Å²) in [4.78, 5) is 26.9. The summed E-state index contributed by atoms with van der Waals surface area (Å²) in [6.45, 7) is 7.31. The molecule has 0 saturated heterocycles. The lowest BCUT2D eigenvalue weighted by molar-refractivity contribution is 0.125. The number of anilines is 1. The van der Waals surface area contributed by atoms with Crippen LogP contribution >= 0.6 is 0 Å². The minimum absolute atomic E-state index is 0.210. The standard InChI is InChI=1S/C15H21N3O4/c1-5-21-14(18-15(20)22-10(2)3)17-13(19)16-12-8-6-11(4)7-9-12/h6-10H,5H2,1-4H3,(H2,16,17,18,19,20). The zero-order chi connectivity index (χ0) is 16.5. The average molecular weight is 307 g/mol. The molecule has 0 aliphatic rings. The number of rotatable bonds is 3. The normalized spacial score (nSPS) is 11.0. The maximum atomic E-state index is 11.9. The van der Waals surface area contributed by atoms with Gasteiger partial charge in [0.1, 0.15) is 0 Å². The van der Waals surface area contributed by atoms with Crippen molar-refractivity contribution in [2.45, 2.75) is 33.8 Å². The Labute approximate surface area is 129 Å². The zero-order valence-electron chi connectivity index (χ0n) is 13.2. The Balaban J connectivity index is 2.65. The lowest BCUT2D eigenvalue weighted by Gasteiger charge is -2.11. The molecule has 1 aromatic rings. The van der Waals surface area contributed by atoms with Gasteiger partial charge < -0.3 is 14.8 Å². The van der Waals surface area contributed by atoms with E-state index in [1.807, 2.05) is 19.1 Å². The first kappa shape index (κ1) is 17.5. The Kier molecular flexibility index (Phi) is 6.88. The number of hydrogen-bond acceptors (Lipinski definition) is 4. The van der Waals surface area contributed by atoms with E-state index in [4.69, 9.17) is 9.47 Å². The summed E-state index contributed by atoms with van der Waals surface area (Å²) in [5.41, 5.74) is 1.70. The highest BCUT2D eigenvalue weighted by Crippen LogP contribution is 2.08. The molecule has 0 atom stereocenters. The van der Waals surface area contributed by atoms with Gasteiger partial charge in [0.05, 0.1) is 12.7 Å². The molecular weight excluding hydrogens is 286 g/mol. The van der Waals surface area contributed by atoms with E-state index in [0.717, 1.165) is 5.56 Å². The molecule has 3 amide bonds. The van der Waals surface area contributed by atoms with Crippen molar-refractivity contribution in [2.24, 2.45) is 4.99 Å². The SMILES string of the molecule is CCO/C(=N\C(=O)OC(C)C)NC(=O)Nc1ccc(C)cc1. The second-order valence-electron chi connectivity index (χ2n) is 4.73. The van der Waals surface area contributed by atoms with Crippen molar-refractivity contribution in [1.82, 2.24) is 5.32 Å². The highest BCUT2D eigenvalue weighted by molar-refractivity contribution is 6.02. The Morgan fingerprint density at radius 3 is 2.41 bits per heavy atom. The van der Waals surface area contributed by atoms with Crippen LogP contribution in [0.1, 0.15) is 26.3 Å². The molecule has 0 aliphatic carbocycles. The molecule has 1 rings (SSSR count). The molecule has 1 aromatic carbocycles. The maximum absolute atomic E-state index is 11.9. The molecule has 0 unspecified atom stereocenters. The van der Waals surface area contributed by atoms with Gasteiger partial charge in [-0.2, -0.15) is 0 Å². The molecule has 22 heavy (non-hydrogen) atoms. The largest absolute Gasteiger partial charge is 0.465 e. The maximum Gasteiger partial charge on any atom is 0.438 e. The van der Waals surface area contributed by atoms with Crippen LogP contribution in [0.5, 0.6) is 0 Å². The first-order chi connectivity index (χ1) is 10.4. The van der Waals surface area contributed by atoms with Gasteiger partial charge in [0.15, 0.2) is 0 Å². The minimum atomic E-state index is -0.825. The van der Waals surface area contributed by atoms with Crippen molar-refractivity contribution in [3.63, 3.8) is 0 Å². The Hall–Kier alpha value is -2.57. The summed E-state index contributed by atoms with van der Waals surface area (Å²) >= 11 is 0. The molecule has 0 aliphatic heterocycles. The highest BCUT2D eigenvalue weighted by atomic mass is 16.6. The van der Waals surface area contributed by atoms with Crippen LogP contribution in [0.2, 0.25) is 0 Å². The van der Waals surface area contributed by atoms with Gasteiger partial charge in [0.2, 0.25) is 0 Å². The highest BCUT2D eigenvalue weighted by Gasteiger charge is 2.11. The fourth-order valence-electron chi connectivity index (χ4n) is 1.44. The van der Waals surface area contributed by atoms with Crippen molar-refractivity contribution < 1.29 is 19.1 Å². The van der Waals surface area contributed by atoms with Crippen molar-refractivity contribution in [1.29, 1.82) is 0 Å². The molecule has 0 radical (unpaired) electrons. The van der Waals surface area contributed by atoms with E-state index in [1.54, 1.807) is 32.9 Å². The smallest absolute Gasteiger partial charge is 0.438 e. The molecule has 7 heteroatoms. The summed E-state index contributed by atoms with van der Waals surface area (Å²) in [6.07, 6.45) is -1.13. The third-order valence-corrected chi connectivity index (χ3v) is 2.34. The van der Waals surface area contributed by atoms with Crippen LogP contribution in [0.3, 0.4) is 0 Å². The van der Waals surface area contributed by atoms with Gasteiger partial charge in [0, 0.05) is 5.69 Å². The van der Waals surface area contributed by atoms with E-state index in [2.05, 4.69) is 15.6 Å². The number of nitrogens with zero attached hydrogens (tertiary/aromatic N) is 1. The Morgan fingerprint density at radius 2 is 1.86 bits per heavy atom. The van der Waals surface area contributed by atoms with Crippen molar-refractivity contribution in [2.75, 3.05) is 11.9 Å². The van der Waals surface area contributed by atoms with E-state index in [0.29, 0.717) is 5.69 Å². The number of hydrogen-bond donors (Lipinski definition) is 2. The molecule has 7 nitrogen and oxygen atoms in total. The number of amides is 3. The second-order valence-corrected chi connectivity index (χ2v) is 4.73. The lowest BCUT2D eigenvalue weighted by atomic mass is 10.2. The average Bonchev–Trinajstić information content (AvgIpc) is 2.40. The topological polar surface area (TPSA) is 89.0 Å².